The van der Waals surface area contributed by atoms with Crippen molar-refractivity contribution in [1.29, 1.82) is 0 Å². The summed E-state index contributed by atoms with van der Waals surface area (Å²) in [6.45, 7) is 1.92. The molecule has 4 aliphatic carbocycles. The molecule has 9 heteroatoms. The van der Waals surface area contributed by atoms with E-state index in [1.54, 1.807) is 43.3 Å². The van der Waals surface area contributed by atoms with Crippen LogP contribution in [0.15, 0.2) is 48.6 Å². The first-order chi connectivity index (χ1) is 18.2. The number of rotatable bonds is 4. The zero-order valence-corrected chi connectivity index (χ0v) is 22.0. The van der Waals surface area contributed by atoms with E-state index < -0.39 is 11.9 Å². The summed E-state index contributed by atoms with van der Waals surface area (Å²) >= 11 is 12.4. The normalized spacial score (nSPS) is 32.6. The van der Waals surface area contributed by atoms with Crippen LogP contribution in [0.5, 0.6) is 5.75 Å². The van der Waals surface area contributed by atoms with Crippen molar-refractivity contribution in [1.82, 2.24) is 0 Å². The fourth-order valence-corrected chi connectivity index (χ4v) is 7.53. The first kappa shape index (κ1) is 23.9. The largest absolute Gasteiger partial charge is 0.426 e. The number of allylic oxidation sites excluding steroid dienone is 2. The molecular weight excluding hydrogens is 527 g/mol. The van der Waals surface area contributed by atoms with E-state index in [0.717, 1.165) is 6.42 Å². The van der Waals surface area contributed by atoms with Crippen LogP contribution in [0.1, 0.15) is 18.4 Å². The molecule has 0 spiro atoms. The summed E-state index contributed by atoms with van der Waals surface area (Å²) in [7, 11) is 0. The average molecular weight is 551 g/mol. The first-order valence-corrected chi connectivity index (χ1v) is 13.6. The number of ether oxygens (including phenoxy) is 1. The highest BCUT2D eigenvalue weighted by Gasteiger charge is 2.67. The van der Waals surface area contributed by atoms with E-state index >= 15 is 0 Å². The molecule has 2 heterocycles. The van der Waals surface area contributed by atoms with Gasteiger partial charge in [0.25, 0.3) is 0 Å². The van der Waals surface area contributed by atoms with Gasteiger partial charge in [0.15, 0.2) is 0 Å². The molecule has 0 aromatic heterocycles. The van der Waals surface area contributed by atoms with Gasteiger partial charge in [-0.25, -0.2) is 4.90 Å². The summed E-state index contributed by atoms with van der Waals surface area (Å²) in [5.74, 6) is -0.535. The smallest absolute Gasteiger partial charge is 0.316 e. The van der Waals surface area contributed by atoms with Gasteiger partial charge in [-0.3, -0.25) is 19.2 Å². The Hall–Kier alpha value is -3.16. The molecule has 7 nitrogen and oxygen atoms in total. The van der Waals surface area contributed by atoms with Crippen molar-refractivity contribution >= 4 is 58.3 Å². The number of anilines is 2. The van der Waals surface area contributed by atoms with E-state index in [9.17, 15) is 19.2 Å². The van der Waals surface area contributed by atoms with Crippen LogP contribution in [-0.2, 0) is 19.2 Å². The standard InChI is InChI=1S/C29H24Cl2N2O5/c1-13-9-15(38-29(37)14-10-23(34)32(12-14)22-4-2-3-20(30)26(22)31)5-8-21(13)33-27(35)24-16-6-7-17(19-11-18(16)19)25(24)28(33)36/h2-9,14,16-19,24-25H,10-12H2,1H3/t14-,16+,17+,18-,19+,24-,25+/m1/s1. The van der Waals surface area contributed by atoms with Crippen molar-refractivity contribution in [3.8, 4) is 5.75 Å². The molecule has 8 rings (SSSR count). The minimum atomic E-state index is -0.670. The molecule has 2 aromatic carbocycles. The van der Waals surface area contributed by atoms with Crippen molar-refractivity contribution in [2.45, 2.75) is 19.8 Å². The Morgan fingerprint density at radius 2 is 1.63 bits per heavy atom. The molecule has 0 N–H and O–H groups in total. The second-order valence-corrected chi connectivity index (χ2v) is 11.8. The maximum Gasteiger partial charge on any atom is 0.316 e. The Labute approximate surface area is 229 Å². The van der Waals surface area contributed by atoms with Crippen LogP contribution in [0.3, 0.4) is 0 Å². The number of nitrogens with zero attached hydrogens (tertiary/aromatic N) is 2. The number of halogens is 2. The molecule has 2 saturated heterocycles. The molecule has 2 aliphatic heterocycles. The number of amides is 3. The third kappa shape index (κ3) is 3.41. The lowest BCUT2D eigenvalue weighted by Gasteiger charge is -2.37. The second kappa shape index (κ2) is 8.42. The molecule has 2 aromatic rings. The highest BCUT2D eigenvalue weighted by Crippen LogP contribution is 2.65. The molecule has 6 aliphatic rings. The lowest BCUT2D eigenvalue weighted by atomic mass is 9.63. The Balaban J connectivity index is 1.07. The van der Waals surface area contributed by atoms with Crippen LogP contribution < -0.4 is 14.5 Å². The highest BCUT2D eigenvalue weighted by atomic mass is 35.5. The van der Waals surface area contributed by atoms with Crippen molar-refractivity contribution in [3.05, 3.63) is 64.2 Å². The van der Waals surface area contributed by atoms with E-state index in [4.69, 9.17) is 27.9 Å². The predicted molar refractivity (Wildman–Crippen MR) is 141 cm³/mol. The van der Waals surface area contributed by atoms with E-state index in [1.165, 1.54) is 9.80 Å². The molecule has 3 amide bonds. The zero-order chi connectivity index (χ0) is 26.5. The number of esters is 1. The number of imide groups is 1. The second-order valence-electron chi connectivity index (χ2n) is 11.0. The van der Waals surface area contributed by atoms with Crippen LogP contribution in [0.4, 0.5) is 11.4 Å². The van der Waals surface area contributed by atoms with Gasteiger partial charge < -0.3 is 9.64 Å². The Morgan fingerprint density at radius 3 is 2.29 bits per heavy atom. The van der Waals surface area contributed by atoms with Gasteiger partial charge in [0, 0.05) is 13.0 Å². The monoisotopic (exact) mass is 550 g/mol. The molecule has 0 radical (unpaired) electrons. The highest BCUT2D eigenvalue weighted by molar-refractivity contribution is 6.44. The van der Waals surface area contributed by atoms with Gasteiger partial charge in [-0.05, 0) is 72.9 Å². The Kier molecular flexibility index (Phi) is 5.30. The topological polar surface area (TPSA) is 84.0 Å². The minimum Gasteiger partial charge on any atom is -0.426 e. The molecule has 0 unspecified atom stereocenters. The van der Waals surface area contributed by atoms with Gasteiger partial charge in [0.05, 0.1) is 39.2 Å². The quantitative estimate of drug-likeness (QED) is 0.236. The summed E-state index contributed by atoms with van der Waals surface area (Å²) in [6.07, 6.45) is 5.42. The number of benzene rings is 2. The zero-order valence-electron chi connectivity index (χ0n) is 20.5. The van der Waals surface area contributed by atoms with Crippen LogP contribution in [0.2, 0.25) is 10.0 Å². The molecule has 2 bridgehead atoms. The summed E-state index contributed by atoms with van der Waals surface area (Å²) in [6, 6.07) is 9.93. The number of carbonyl (C=O) groups excluding carboxylic acids is 4. The van der Waals surface area contributed by atoms with Gasteiger partial charge in [-0.1, -0.05) is 41.4 Å². The Morgan fingerprint density at radius 1 is 0.947 bits per heavy atom. The van der Waals surface area contributed by atoms with E-state index in [0.29, 0.717) is 39.5 Å². The fourth-order valence-electron chi connectivity index (χ4n) is 7.14. The molecule has 38 heavy (non-hydrogen) atoms. The number of carbonyl (C=O) groups is 4. The van der Waals surface area contributed by atoms with E-state index in [2.05, 4.69) is 12.2 Å². The summed E-state index contributed by atoms with van der Waals surface area (Å²) in [4.78, 5) is 55.3. The van der Waals surface area contributed by atoms with Gasteiger partial charge in [0.2, 0.25) is 17.7 Å². The first-order valence-electron chi connectivity index (χ1n) is 12.9. The molecule has 194 valence electrons. The lowest BCUT2D eigenvalue weighted by Crippen LogP contribution is -2.40. The lowest BCUT2D eigenvalue weighted by molar-refractivity contribution is -0.139. The van der Waals surface area contributed by atoms with Crippen molar-refractivity contribution < 1.29 is 23.9 Å². The van der Waals surface area contributed by atoms with Crippen LogP contribution >= 0.6 is 23.2 Å². The predicted octanol–water partition coefficient (Wildman–Crippen LogP) is 4.82. The van der Waals surface area contributed by atoms with Crippen molar-refractivity contribution in [3.63, 3.8) is 0 Å². The summed E-state index contributed by atoms with van der Waals surface area (Å²) in [5.41, 5.74) is 1.65. The molecular formula is C29H24Cl2N2O5. The number of aryl methyl sites for hydroxylation is 1. The van der Waals surface area contributed by atoms with E-state index in [1.807, 2.05) is 0 Å². The third-order valence-electron chi connectivity index (χ3n) is 8.97. The number of hydrogen-bond acceptors (Lipinski definition) is 5. The minimum absolute atomic E-state index is 0.00332. The van der Waals surface area contributed by atoms with Crippen LogP contribution in [0.25, 0.3) is 0 Å². The van der Waals surface area contributed by atoms with Crippen LogP contribution in [-0.4, -0.2) is 30.2 Å². The number of hydrogen-bond donors (Lipinski definition) is 0. The van der Waals surface area contributed by atoms with Crippen LogP contribution in [0, 0.1) is 48.3 Å². The molecule has 4 fully saturated rings. The van der Waals surface area contributed by atoms with Gasteiger partial charge in [-0.15, -0.1) is 0 Å². The van der Waals surface area contributed by atoms with E-state index in [-0.39, 0.29) is 59.4 Å². The third-order valence-corrected chi connectivity index (χ3v) is 9.78. The van der Waals surface area contributed by atoms with Gasteiger partial charge in [-0.2, -0.15) is 0 Å². The maximum atomic E-state index is 13.4. The molecule has 2 saturated carbocycles. The van der Waals surface area contributed by atoms with Gasteiger partial charge >= 0.3 is 5.97 Å². The average Bonchev–Trinajstić information content (AvgIpc) is 3.57. The summed E-state index contributed by atoms with van der Waals surface area (Å²) < 4.78 is 5.62. The SMILES string of the molecule is Cc1cc(OC(=O)[C@@H]2CC(=O)N(c3cccc(Cl)c3Cl)C2)ccc1N1C(=O)[C@@H]2[C@H]3C=C[C@@H]([C@@H]4C[C@H]34)[C@@H]2C1=O. The summed E-state index contributed by atoms with van der Waals surface area (Å²) in [5, 5.41) is 0.586. The Bertz CT molecular complexity index is 1430. The molecule has 7 atom stereocenters. The van der Waals surface area contributed by atoms with Gasteiger partial charge in [0.1, 0.15) is 5.75 Å². The van der Waals surface area contributed by atoms with Crippen molar-refractivity contribution in [2.75, 3.05) is 16.3 Å². The fraction of sp³-hybridized carbons (Fsp3) is 0.379. The van der Waals surface area contributed by atoms with Crippen molar-refractivity contribution in [2.24, 2.45) is 41.4 Å². The maximum absolute atomic E-state index is 13.4.